The molecule has 3 N–H and O–H groups in total. The van der Waals surface area contributed by atoms with Crippen molar-refractivity contribution in [3.63, 3.8) is 0 Å². The molecule has 3 rings (SSSR count). The van der Waals surface area contributed by atoms with E-state index in [1.54, 1.807) is 42.5 Å². The minimum Gasteiger partial charge on any atom is -0.478 e. The standard InChI is InChI=1S/C25H27NO3/c1-18-6-2-11-22(14-18)24(27)17-26-13-5-8-19-7-3-9-20(15-19)21-10-4-12-23(16-21)25(28)29/h2-4,6-7,9-12,14-16,24,26-27H,5,8,13,17H2,1H3,(H,28,29)/t24-/m0/s1/i4D,10D,12D,13D2,16D,24D. The number of hydrogen-bond acceptors (Lipinski definition) is 3. The van der Waals surface area contributed by atoms with Crippen LogP contribution in [0.2, 0.25) is 0 Å². The summed E-state index contributed by atoms with van der Waals surface area (Å²) >= 11 is 0. The molecule has 4 heteroatoms. The number of aliphatic hydroxyl groups is 1. The van der Waals surface area contributed by atoms with Crippen LogP contribution in [0, 0.1) is 6.92 Å². The molecule has 3 aromatic rings. The van der Waals surface area contributed by atoms with Gasteiger partial charge in [0.25, 0.3) is 0 Å². The minimum atomic E-state index is -2.02. The first-order valence-corrected chi connectivity index (χ1v) is 9.21. The quantitative estimate of drug-likeness (QED) is 0.494. The van der Waals surface area contributed by atoms with Gasteiger partial charge in [0.2, 0.25) is 0 Å². The summed E-state index contributed by atoms with van der Waals surface area (Å²) in [6.07, 6.45) is -1.81. The summed E-state index contributed by atoms with van der Waals surface area (Å²) in [4.78, 5) is 11.5. The molecule has 4 nitrogen and oxygen atoms in total. The smallest absolute Gasteiger partial charge is 0.335 e. The Bertz CT molecular complexity index is 1290. The molecule has 0 radical (unpaired) electrons. The maximum Gasteiger partial charge on any atom is 0.335 e. The van der Waals surface area contributed by atoms with Crippen LogP contribution in [0.4, 0.5) is 0 Å². The predicted octanol–water partition coefficient (Wildman–Crippen LogP) is 4.62. The van der Waals surface area contributed by atoms with Crippen LogP contribution in [0.15, 0.2) is 72.7 Å². The molecule has 0 fully saturated rings. The molecular weight excluding hydrogens is 362 g/mol. The second-order valence-corrected chi connectivity index (χ2v) is 6.60. The lowest BCUT2D eigenvalue weighted by atomic mass is 9.99. The molecule has 0 unspecified atom stereocenters. The summed E-state index contributed by atoms with van der Waals surface area (Å²) in [6.45, 7) is -0.423. The number of carboxylic acid groups (broad SMARTS) is 1. The average molecular weight is 397 g/mol. The van der Waals surface area contributed by atoms with Crippen LogP contribution in [-0.4, -0.2) is 29.2 Å². The Labute approximate surface area is 181 Å². The van der Waals surface area contributed by atoms with Crippen molar-refractivity contribution in [2.75, 3.05) is 13.0 Å². The molecule has 3 aromatic carbocycles. The monoisotopic (exact) mass is 396 g/mol. The van der Waals surface area contributed by atoms with Crippen molar-refractivity contribution in [3.8, 4) is 11.1 Å². The Hall–Kier alpha value is -2.95. The summed E-state index contributed by atoms with van der Waals surface area (Å²) in [7, 11) is 0. The van der Waals surface area contributed by atoms with Crippen molar-refractivity contribution >= 4 is 5.97 Å². The van der Waals surface area contributed by atoms with Crippen LogP contribution < -0.4 is 5.32 Å². The van der Waals surface area contributed by atoms with Gasteiger partial charge in [0.1, 0.15) is 0 Å². The van der Waals surface area contributed by atoms with E-state index in [4.69, 9.17) is 9.60 Å². The van der Waals surface area contributed by atoms with Gasteiger partial charge in [-0.25, -0.2) is 4.79 Å². The zero-order valence-electron chi connectivity index (χ0n) is 23.0. The maximum atomic E-state index is 11.5. The van der Waals surface area contributed by atoms with Gasteiger partial charge in [0.05, 0.1) is 18.5 Å². The fourth-order valence-electron chi connectivity index (χ4n) is 2.85. The number of nitrogens with one attached hydrogen (secondary N) is 1. The van der Waals surface area contributed by atoms with Gasteiger partial charge >= 0.3 is 5.97 Å². The van der Waals surface area contributed by atoms with E-state index in [0.29, 0.717) is 16.7 Å². The van der Waals surface area contributed by atoms with E-state index >= 15 is 0 Å². The average Bonchev–Trinajstić information content (AvgIpc) is 2.81. The fraction of sp³-hybridized carbons (Fsp3) is 0.240. The van der Waals surface area contributed by atoms with Gasteiger partial charge in [-0.05, 0) is 60.6 Å². The van der Waals surface area contributed by atoms with E-state index in [1.807, 2.05) is 13.0 Å². The highest BCUT2D eigenvalue weighted by atomic mass is 16.4. The zero-order valence-corrected chi connectivity index (χ0v) is 16.0. The molecule has 0 aliphatic carbocycles. The van der Waals surface area contributed by atoms with Gasteiger partial charge < -0.3 is 15.5 Å². The van der Waals surface area contributed by atoms with Gasteiger partial charge in [-0.3, -0.25) is 0 Å². The third-order valence-electron chi connectivity index (χ3n) is 4.33. The van der Waals surface area contributed by atoms with Gasteiger partial charge in [0.15, 0.2) is 0 Å². The lowest BCUT2D eigenvalue weighted by molar-refractivity contribution is 0.0697. The largest absolute Gasteiger partial charge is 0.478 e. The number of rotatable bonds is 9. The van der Waals surface area contributed by atoms with Gasteiger partial charge in [-0.2, -0.15) is 0 Å². The Balaban J connectivity index is 1.77. The third-order valence-corrected chi connectivity index (χ3v) is 4.33. The van der Waals surface area contributed by atoms with Crippen molar-refractivity contribution in [1.82, 2.24) is 5.32 Å². The van der Waals surface area contributed by atoms with Gasteiger partial charge in [-0.1, -0.05) is 66.2 Å². The van der Waals surface area contributed by atoms with Crippen LogP contribution in [0.25, 0.3) is 11.1 Å². The molecule has 0 aromatic heterocycles. The topological polar surface area (TPSA) is 69.6 Å². The summed E-state index contributed by atoms with van der Waals surface area (Å²) in [5.74, 6) is -1.52. The van der Waals surface area contributed by atoms with Crippen molar-refractivity contribution in [2.45, 2.75) is 25.8 Å². The molecule has 0 amide bonds. The van der Waals surface area contributed by atoms with Gasteiger partial charge in [0, 0.05) is 9.29 Å². The number of carbonyl (C=O) groups is 1. The Morgan fingerprint density at radius 1 is 1.21 bits per heavy atom. The van der Waals surface area contributed by atoms with Crippen LogP contribution >= 0.6 is 0 Å². The second-order valence-electron chi connectivity index (χ2n) is 6.60. The number of aromatic carboxylic acids is 1. The molecule has 0 aliphatic heterocycles. The fourth-order valence-corrected chi connectivity index (χ4v) is 2.85. The van der Waals surface area contributed by atoms with Crippen molar-refractivity contribution < 1.29 is 24.6 Å². The third kappa shape index (κ3) is 6.01. The number of benzene rings is 3. The number of hydrogen-bond donors (Lipinski definition) is 3. The summed E-state index contributed by atoms with van der Waals surface area (Å²) in [6, 6.07) is 11.1. The molecule has 0 aliphatic rings. The highest BCUT2D eigenvalue weighted by Gasteiger charge is 2.07. The molecule has 0 heterocycles. The molecule has 0 bridgehead atoms. The summed E-state index contributed by atoms with van der Waals surface area (Å²) in [5, 5.41) is 22.5. The number of carboxylic acids is 1. The second kappa shape index (κ2) is 10.0. The van der Waals surface area contributed by atoms with E-state index in [2.05, 4.69) is 5.32 Å². The first kappa shape index (κ1) is 13.3. The van der Waals surface area contributed by atoms with E-state index in [9.17, 15) is 15.0 Å². The number of aryl methyl sites for hydroxylation is 2. The molecule has 0 saturated heterocycles. The molecule has 150 valence electrons. The highest BCUT2D eigenvalue weighted by Crippen LogP contribution is 2.22. The van der Waals surface area contributed by atoms with E-state index in [-0.39, 0.29) is 24.9 Å². The Kier molecular flexibility index (Phi) is 4.59. The van der Waals surface area contributed by atoms with Crippen LogP contribution in [0.3, 0.4) is 0 Å². The first-order valence-electron chi connectivity index (χ1n) is 12.7. The Morgan fingerprint density at radius 2 is 2.03 bits per heavy atom. The van der Waals surface area contributed by atoms with Gasteiger partial charge in [-0.15, -0.1) is 0 Å². The summed E-state index contributed by atoms with van der Waals surface area (Å²) < 4.78 is 56.9. The highest BCUT2D eigenvalue weighted by molar-refractivity contribution is 5.89. The first-order chi connectivity index (χ1) is 16.7. The van der Waals surface area contributed by atoms with E-state index in [1.165, 1.54) is 0 Å². The van der Waals surface area contributed by atoms with Crippen molar-refractivity contribution in [3.05, 3.63) is 95.0 Å². The van der Waals surface area contributed by atoms with Crippen molar-refractivity contribution in [2.24, 2.45) is 0 Å². The van der Waals surface area contributed by atoms with Crippen LogP contribution in [-0.2, 0) is 6.42 Å². The Morgan fingerprint density at radius 3 is 2.83 bits per heavy atom. The molecule has 1 atom stereocenters. The van der Waals surface area contributed by atoms with E-state index in [0.717, 1.165) is 5.56 Å². The predicted molar refractivity (Wildman–Crippen MR) is 116 cm³/mol. The lowest BCUT2D eigenvalue weighted by Crippen LogP contribution is -2.22. The van der Waals surface area contributed by atoms with Crippen LogP contribution in [0.1, 0.15) is 49.1 Å². The zero-order chi connectivity index (χ0) is 26.8. The molecule has 0 saturated carbocycles. The molecule has 0 spiro atoms. The van der Waals surface area contributed by atoms with E-state index < -0.39 is 48.3 Å². The molecule has 29 heavy (non-hydrogen) atoms. The summed E-state index contributed by atoms with van der Waals surface area (Å²) in [5.41, 5.74) is 1.48. The lowest BCUT2D eigenvalue weighted by Gasteiger charge is -2.13. The minimum absolute atomic E-state index is 0.0163. The maximum absolute atomic E-state index is 11.5. The van der Waals surface area contributed by atoms with Crippen LogP contribution in [0.5, 0.6) is 0 Å². The van der Waals surface area contributed by atoms with Crippen molar-refractivity contribution in [1.29, 1.82) is 0 Å². The molecular formula is C25H27NO3. The SMILES string of the molecule is [2H]c1c([2H])c(C(=O)O)c([2H])c(-c2cccc(CCC([2H])([2H])NC[C@]([2H])(O)c3cccc(C)c3)c2)c1[2H]. The normalized spacial score (nSPS) is 17.0.